The monoisotopic (exact) mass is 492 g/mol. The number of esters is 1. The highest BCUT2D eigenvalue weighted by Crippen LogP contribution is 2.27. The van der Waals surface area contributed by atoms with Crippen LogP contribution in [0.5, 0.6) is 23.0 Å². The molecule has 0 radical (unpaired) electrons. The molecule has 0 bridgehead atoms. The highest BCUT2D eigenvalue weighted by Gasteiger charge is 2.44. The zero-order chi connectivity index (χ0) is 25.5. The fraction of sp³-hybridized carbons (Fsp3) is 0.375. The maximum absolute atomic E-state index is 12.1. The van der Waals surface area contributed by atoms with Crippen molar-refractivity contribution < 1.29 is 54.4 Å². The molecule has 3 rings (SSSR count). The van der Waals surface area contributed by atoms with Crippen LogP contribution in [0.3, 0.4) is 0 Å². The van der Waals surface area contributed by atoms with Crippen molar-refractivity contribution in [2.75, 3.05) is 20.3 Å². The van der Waals surface area contributed by atoms with Crippen LogP contribution in [0.15, 0.2) is 42.5 Å². The topological polar surface area (TPSA) is 175 Å². The third kappa shape index (κ3) is 6.84. The summed E-state index contributed by atoms with van der Waals surface area (Å²) in [5, 5.41) is 59.1. The lowest BCUT2D eigenvalue weighted by Gasteiger charge is -2.39. The Balaban J connectivity index is 1.52. The van der Waals surface area contributed by atoms with Crippen molar-refractivity contribution in [2.24, 2.45) is 0 Å². The van der Waals surface area contributed by atoms with E-state index >= 15 is 0 Å². The van der Waals surface area contributed by atoms with Gasteiger partial charge in [-0.05, 0) is 47.9 Å². The van der Waals surface area contributed by atoms with E-state index < -0.39 is 43.3 Å². The Bertz CT molecular complexity index is 1040. The molecule has 2 aromatic carbocycles. The number of aliphatic hydroxyl groups is 3. The van der Waals surface area contributed by atoms with Crippen LogP contribution >= 0.6 is 0 Å². The average molecular weight is 492 g/mol. The van der Waals surface area contributed by atoms with Gasteiger partial charge in [-0.15, -0.1) is 0 Å². The SMILES string of the molecule is COc1cc(C=CC(=O)OCC2OC(OCCc3ccc(O)c(O)c3)C(O)C(O)C2O)ccc1O. The van der Waals surface area contributed by atoms with Crippen molar-refractivity contribution in [3.05, 3.63) is 53.6 Å². The van der Waals surface area contributed by atoms with Gasteiger partial charge in [0.15, 0.2) is 29.3 Å². The van der Waals surface area contributed by atoms with E-state index in [1.54, 1.807) is 12.1 Å². The molecule has 11 nitrogen and oxygen atoms in total. The van der Waals surface area contributed by atoms with Crippen molar-refractivity contribution in [3.8, 4) is 23.0 Å². The van der Waals surface area contributed by atoms with E-state index in [-0.39, 0.29) is 29.6 Å². The fourth-order valence-electron chi connectivity index (χ4n) is 3.38. The van der Waals surface area contributed by atoms with Crippen molar-refractivity contribution in [2.45, 2.75) is 37.1 Å². The first-order valence-electron chi connectivity index (χ1n) is 10.7. The molecule has 2 aromatic rings. The first-order valence-corrected chi connectivity index (χ1v) is 10.7. The fourth-order valence-corrected chi connectivity index (χ4v) is 3.38. The van der Waals surface area contributed by atoms with Crippen molar-refractivity contribution in [1.29, 1.82) is 0 Å². The van der Waals surface area contributed by atoms with Crippen LogP contribution in [0.1, 0.15) is 11.1 Å². The summed E-state index contributed by atoms with van der Waals surface area (Å²) in [7, 11) is 1.40. The minimum absolute atomic E-state index is 0.0279. The summed E-state index contributed by atoms with van der Waals surface area (Å²) in [5.74, 6) is -1.10. The average Bonchev–Trinajstić information content (AvgIpc) is 2.84. The summed E-state index contributed by atoms with van der Waals surface area (Å²) in [6.45, 7) is -0.390. The maximum Gasteiger partial charge on any atom is 0.330 e. The molecule has 1 heterocycles. The Hall–Kier alpha value is -3.35. The van der Waals surface area contributed by atoms with Gasteiger partial charge in [0.05, 0.1) is 13.7 Å². The molecular formula is C24H28O11. The molecule has 1 saturated heterocycles. The quantitative estimate of drug-likeness (QED) is 0.163. The lowest BCUT2D eigenvalue weighted by Crippen LogP contribution is -2.59. The number of rotatable bonds is 9. The van der Waals surface area contributed by atoms with Gasteiger partial charge in [0.2, 0.25) is 0 Å². The lowest BCUT2D eigenvalue weighted by atomic mass is 9.99. The Labute approximate surface area is 201 Å². The van der Waals surface area contributed by atoms with E-state index in [1.165, 1.54) is 37.5 Å². The highest BCUT2D eigenvalue weighted by atomic mass is 16.7. The molecule has 0 amide bonds. The number of hydrogen-bond donors (Lipinski definition) is 6. The van der Waals surface area contributed by atoms with Gasteiger partial charge in [-0.25, -0.2) is 4.79 Å². The predicted molar refractivity (Wildman–Crippen MR) is 121 cm³/mol. The number of phenolic OH excluding ortho intramolecular Hbond substituents is 3. The first-order chi connectivity index (χ1) is 16.7. The summed E-state index contributed by atoms with van der Waals surface area (Å²) in [6.07, 6.45) is -4.28. The molecule has 1 aliphatic rings. The summed E-state index contributed by atoms with van der Waals surface area (Å²) in [4.78, 5) is 12.1. The Morgan fingerprint density at radius 3 is 2.43 bits per heavy atom. The number of hydrogen-bond acceptors (Lipinski definition) is 11. The van der Waals surface area contributed by atoms with E-state index in [1.807, 2.05) is 0 Å². The van der Waals surface area contributed by atoms with Gasteiger partial charge in [-0.3, -0.25) is 0 Å². The molecule has 5 unspecified atom stereocenters. The molecule has 6 N–H and O–H groups in total. The molecule has 190 valence electrons. The number of aliphatic hydroxyl groups excluding tert-OH is 3. The smallest absolute Gasteiger partial charge is 0.330 e. The van der Waals surface area contributed by atoms with E-state index in [4.69, 9.17) is 18.9 Å². The summed E-state index contributed by atoms with van der Waals surface area (Å²) in [5.41, 5.74) is 1.22. The second-order valence-electron chi connectivity index (χ2n) is 7.85. The number of benzene rings is 2. The number of aromatic hydroxyl groups is 3. The number of carbonyl (C=O) groups excluding carboxylic acids is 1. The Morgan fingerprint density at radius 1 is 0.971 bits per heavy atom. The van der Waals surface area contributed by atoms with Crippen molar-refractivity contribution >= 4 is 12.0 Å². The number of carbonyl (C=O) groups is 1. The molecule has 5 atom stereocenters. The van der Waals surface area contributed by atoms with Gasteiger partial charge >= 0.3 is 5.97 Å². The second kappa shape index (κ2) is 11.9. The van der Waals surface area contributed by atoms with E-state index in [2.05, 4.69) is 0 Å². The van der Waals surface area contributed by atoms with Crippen LogP contribution in [0, 0.1) is 0 Å². The van der Waals surface area contributed by atoms with Crippen LogP contribution in [-0.4, -0.2) is 87.6 Å². The lowest BCUT2D eigenvalue weighted by molar-refractivity contribution is -0.301. The van der Waals surface area contributed by atoms with Crippen molar-refractivity contribution in [1.82, 2.24) is 0 Å². The third-order valence-corrected chi connectivity index (χ3v) is 5.39. The molecule has 1 fully saturated rings. The van der Waals surface area contributed by atoms with Gasteiger partial charge in [0.1, 0.15) is 31.0 Å². The highest BCUT2D eigenvalue weighted by molar-refractivity contribution is 5.87. The van der Waals surface area contributed by atoms with Crippen molar-refractivity contribution in [3.63, 3.8) is 0 Å². The zero-order valence-electron chi connectivity index (χ0n) is 18.9. The molecule has 11 heteroatoms. The van der Waals surface area contributed by atoms with Gasteiger partial charge in [0.25, 0.3) is 0 Å². The molecule has 0 saturated carbocycles. The Morgan fingerprint density at radius 2 is 1.71 bits per heavy atom. The van der Waals surface area contributed by atoms with Crippen LogP contribution in [0.4, 0.5) is 0 Å². The minimum atomic E-state index is -1.60. The second-order valence-corrected chi connectivity index (χ2v) is 7.85. The van der Waals surface area contributed by atoms with Gasteiger partial charge < -0.3 is 49.6 Å². The standard InChI is InChI=1S/C24H28O11/c1-32-18-11-13(3-6-16(18)26)4-7-20(28)34-12-19-21(29)22(30)23(31)24(35-19)33-9-8-14-2-5-15(25)17(27)10-14/h2-7,10-11,19,21-27,29-31H,8-9,12H2,1H3. The Kier molecular flexibility index (Phi) is 8.90. The minimum Gasteiger partial charge on any atom is -0.504 e. The number of methoxy groups -OCH3 is 1. The molecular weight excluding hydrogens is 464 g/mol. The van der Waals surface area contributed by atoms with Crippen LogP contribution in [0.25, 0.3) is 6.08 Å². The van der Waals surface area contributed by atoms with Crippen LogP contribution in [-0.2, 0) is 25.4 Å². The molecule has 0 aromatic heterocycles. The van der Waals surface area contributed by atoms with Crippen LogP contribution < -0.4 is 4.74 Å². The number of phenols is 3. The first kappa shape index (κ1) is 26.3. The van der Waals surface area contributed by atoms with Gasteiger partial charge in [-0.1, -0.05) is 12.1 Å². The molecule has 0 aliphatic carbocycles. The third-order valence-electron chi connectivity index (χ3n) is 5.39. The van der Waals surface area contributed by atoms with Gasteiger partial charge in [0, 0.05) is 6.08 Å². The predicted octanol–water partition coefficient (Wildman–Crippen LogP) is 0.435. The maximum atomic E-state index is 12.1. The van der Waals surface area contributed by atoms with E-state index in [0.29, 0.717) is 17.5 Å². The summed E-state index contributed by atoms with van der Waals surface area (Å²) < 4.78 is 21.1. The largest absolute Gasteiger partial charge is 0.504 e. The normalized spacial score (nSPS) is 24.4. The number of ether oxygens (including phenoxy) is 4. The molecule has 1 aliphatic heterocycles. The van der Waals surface area contributed by atoms with E-state index in [9.17, 15) is 35.4 Å². The summed E-state index contributed by atoms with van der Waals surface area (Å²) >= 11 is 0. The van der Waals surface area contributed by atoms with Gasteiger partial charge in [-0.2, -0.15) is 0 Å². The molecule has 0 spiro atoms. The zero-order valence-corrected chi connectivity index (χ0v) is 18.9. The van der Waals surface area contributed by atoms with Crippen LogP contribution in [0.2, 0.25) is 0 Å². The van der Waals surface area contributed by atoms with E-state index in [0.717, 1.165) is 6.08 Å². The molecule has 35 heavy (non-hydrogen) atoms. The summed E-state index contributed by atoms with van der Waals surface area (Å²) in [6, 6.07) is 8.76.